The first kappa shape index (κ1) is 14.7. The third-order valence-corrected chi connectivity index (χ3v) is 3.59. The van der Waals surface area contributed by atoms with Crippen molar-refractivity contribution in [3.63, 3.8) is 0 Å². The number of hydrogen-bond acceptors (Lipinski definition) is 4. The van der Waals surface area contributed by atoms with Gasteiger partial charge in [0.15, 0.2) is 11.5 Å². The van der Waals surface area contributed by atoms with Crippen LogP contribution >= 0.6 is 0 Å². The zero-order chi connectivity index (χ0) is 14.4. The summed E-state index contributed by atoms with van der Waals surface area (Å²) in [6.45, 7) is 1.75. The molecule has 0 spiro atoms. The van der Waals surface area contributed by atoms with Crippen molar-refractivity contribution in [2.45, 2.75) is 25.3 Å². The van der Waals surface area contributed by atoms with Gasteiger partial charge in [-0.3, -0.25) is 4.79 Å². The smallest absolute Gasteiger partial charge is 0.255 e. The molecule has 20 heavy (non-hydrogen) atoms. The van der Waals surface area contributed by atoms with Gasteiger partial charge in [-0.25, -0.2) is 0 Å². The fraction of sp³-hybridized carbons (Fsp3) is 0.533. The van der Waals surface area contributed by atoms with E-state index >= 15 is 0 Å². The molecule has 2 rings (SSSR count). The Balaban J connectivity index is 1.94. The van der Waals surface area contributed by atoms with Gasteiger partial charge in [0.2, 0.25) is 0 Å². The zero-order valence-corrected chi connectivity index (χ0v) is 12.1. The van der Waals surface area contributed by atoms with E-state index < -0.39 is 0 Å². The van der Waals surface area contributed by atoms with Crippen LogP contribution in [0.4, 0.5) is 0 Å². The molecule has 1 atom stereocenters. The van der Waals surface area contributed by atoms with Crippen LogP contribution in [0.15, 0.2) is 18.2 Å². The fourth-order valence-corrected chi connectivity index (χ4v) is 2.52. The minimum Gasteiger partial charge on any atom is -0.493 e. The molecule has 0 saturated carbocycles. The molecule has 110 valence electrons. The number of para-hydroxylation sites is 1. The maximum Gasteiger partial charge on any atom is 0.255 e. The van der Waals surface area contributed by atoms with Crippen LogP contribution in [0.1, 0.15) is 29.6 Å². The van der Waals surface area contributed by atoms with E-state index in [-0.39, 0.29) is 5.91 Å². The van der Waals surface area contributed by atoms with Crippen LogP contribution in [0.5, 0.6) is 11.5 Å². The maximum absolute atomic E-state index is 12.2. The number of nitrogens with one attached hydrogen (secondary N) is 2. The summed E-state index contributed by atoms with van der Waals surface area (Å²) in [5.74, 6) is 0.919. The van der Waals surface area contributed by atoms with Crippen molar-refractivity contribution in [2.24, 2.45) is 0 Å². The summed E-state index contributed by atoms with van der Waals surface area (Å²) in [6, 6.07) is 5.83. The monoisotopic (exact) mass is 278 g/mol. The molecule has 0 aliphatic carbocycles. The van der Waals surface area contributed by atoms with Crippen LogP contribution in [0.3, 0.4) is 0 Å². The molecular formula is C15H22N2O3. The Morgan fingerprint density at radius 2 is 2.25 bits per heavy atom. The molecule has 0 unspecified atom stereocenters. The van der Waals surface area contributed by atoms with Crippen molar-refractivity contribution >= 4 is 5.91 Å². The third kappa shape index (κ3) is 3.42. The number of methoxy groups -OCH3 is 2. The van der Waals surface area contributed by atoms with Gasteiger partial charge in [0, 0.05) is 12.6 Å². The molecule has 1 aromatic carbocycles. The lowest BCUT2D eigenvalue weighted by molar-refractivity contribution is 0.0948. The predicted octanol–water partition coefficient (Wildman–Crippen LogP) is 1.58. The molecule has 1 aliphatic rings. The van der Waals surface area contributed by atoms with Crippen LogP contribution in [-0.4, -0.2) is 39.3 Å². The highest BCUT2D eigenvalue weighted by Crippen LogP contribution is 2.30. The van der Waals surface area contributed by atoms with Gasteiger partial charge in [-0.15, -0.1) is 0 Å². The fourth-order valence-electron chi connectivity index (χ4n) is 2.52. The van der Waals surface area contributed by atoms with Crippen molar-refractivity contribution in [3.8, 4) is 11.5 Å². The summed E-state index contributed by atoms with van der Waals surface area (Å²) in [7, 11) is 3.10. The lowest BCUT2D eigenvalue weighted by atomic mass is 10.1. The molecule has 1 fully saturated rings. The van der Waals surface area contributed by atoms with Crippen LogP contribution in [-0.2, 0) is 0 Å². The average Bonchev–Trinajstić information content (AvgIpc) is 2.99. The summed E-state index contributed by atoms with van der Waals surface area (Å²) in [6.07, 6.45) is 3.37. The minimum atomic E-state index is -0.126. The highest BCUT2D eigenvalue weighted by atomic mass is 16.5. The van der Waals surface area contributed by atoms with E-state index in [9.17, 15) is 4.79 Å². The number of benzene rings is 1. The first-order valence-corrected chi connectivity index (χ1v) is 6.99. The molecule has 0 aromatic heterocycles. The maximum atomic E-state index is 12.2. The number of carbonyl (C=O) groups is 1. The Bertz CT molecular complexity index is 456. The topological polar surface area (TPSA) is 59.6 Å². The number of amides is 1. The van der Waals surface area contributed by atoms with Crippen LogP contribution in [0, 0.1) is 0 Å². The van der Waals surface area contributed by atoms with Crippen LogP contribution in [0.2, 0.25) is 0 Å². The normalized spacial score (nSPS) is 17.8. The average molecular weight is 278 g/mol. The molecule has 1 aromatic rings. The second-order valence-electron chi connectivity index (χ2n) is 4.88. The highest BCUT2D eigenvalue weighted by Gasteiger charge is 2.17. The standard InChI is InChI=1S/C15H22N2O3/c1-19-13-7-3-6-12(14(13)20-2)15(18)17-10-8-11-5-4-9-16-11/h3,6-7,11,16H,4-5,8-10H2,1-2H3,(H,17,18)/t11-/m1/s1. The van der Waals surface area contributed by atoms with E-state index in [4.69, 9.17) is 9.47 Å². The van der Waals surface area contributed by atoms with E-state index in [1.165, 1.54) is 20.0 Å². The Morgan fingerprint density at radius 3 is 2.90 bits per heavy atom. The van der Waals surface area contributed by atoms with Crippen molar-refractivity contribution in [1.82, 2.24) is 10.6 Å². The number of rotatable bonds is 6. The Hall–Kier alpha value is -1.75. The summed E-state index contributed by atoms with van der Waals surface area (Å²) in [5.41, 5.74) is 0.506. The Labute approximate surface area is 119 Å². The lowest BCUT2D eigenvalue weighted by Crippen LogP contribution is -2.30. The van der Waals surface area contributed by atoms with Gasteiger partial charge >= 0.3 is 0 Å². The Morgan fingerprint density at radius 1 is 1.40 bits per heavy atom. The van der Waals surface area contributed by atoms with Gasteiger partial charge in [-0.05, 0) is 37.9 Å². The quantitative estimate of drug-likeness (QED) is 0.829. The van der Waals surface area contributed by atoms with E-state index in [1.54, 1.807) is 25.3 Å². The molecule has 1 saturated heterocycles. The minimum absolute atomic E-state index is 0.126. The summed E-state index contributed by atoms with van der Waals surface area (Å²) in [5, 5.41) is 6.35. The highest BCUT2D eigenvalue weighted by molar-refractivity contribution is 5.97. The van der Waals surface area contributed by atoms with Crippen molar-refractivity contribution in [3.05, 3.63) is 23.8 Å². The molecule has 0 radical (unpaired) electrons. The molecule has 5 nitrogen and oxygen atoms in total. The number of ether oxygens (including phenoxy) is 2. The SMILES string of the molecule is COc1cccc(C(=O)NCC[C@H]2CCCN2)c1OC. The molecule has 1 amide bonds. The van der Waals surface area contributed by atoms with Crippen LogP contribution in [0.25, 0.3) is 0 Å². The number of carbonyl (C=O) groups excluding carboxylic acids is 1. The van der Waals surface area contributed by atoms with Gasteiger partial charge in [0.1, 0.15) is 0 Å². The molecular weight excluding hydrogens is 256 g/mol. The lowest BCUT2D eigenvalue weighted by Gasteiger charge is -2.14. The second-order valence-corrected chi connectivity index (χ2v) is 4.88. The Kier molecular flexibility index (Phi) is 5.24. The van der Waals surface area contributed by atoms with Crippen molar-refractivity contribution < 1.29 is 14.3 Å². The molecule has 5 heteroatoms. The van der Waals surface area contributed by atoms with Gasteiger partial charge in [0.25, 0.3) is 5.91 Å². The number of hydrogen-bond donors (Lipinski definition) is 2. The summed E-state index contributed by atoms with van der Waals surface area (Å²) < 4.78 is 10.5. The van der Waals surface area contributed by atoms with Crippen LogP contribution < -0.4 is 20.1 Å². The zero-order valence-electron chi connectivity index (χ0n) is 12.1. The second kappa shape index (κ2) is 7.14. The van der Waals surface area contributed by atoms with Crippen molar-refractivity contribution in [1.29, 1.82) is 0 Å². The van der Waals surface area contributed by atoms with E-state index in [2.05, 4.69) is 10.6 Å². The van der Waals surface area contributed by atoms with Gasteiger partial charge < -0.3 is 20.1 Å². The van der Waals surface area contributed by atoms with Gasteiger partial charge in [-0.1, -0.05) is 6.07 Å². The molecule has 2 N–H and O–H groups in total. The molecule has 1 aliphatic heterocycles. The molecule has 1 heterocycles. The van der Waals surface area contributed by atoms with E-state index in [1.807, 2.05) is 0 Å². The predicted molar refractivity (Wildman–Crippen MR) is 77.5 cm³/mol. The van der Waals surface area contributed by atoms with E-state index in [0.717, 1.165) is 13.0 Å². The summed E-state index contributed by atoms with van der Waals surface area (Å²) >= 11 is 0. The summed E-state index contributed by atoms with van der Waals surface area (Å²) in [4.78, 5) is 12.2. The van der Waals surface area contributed by atoms with E-state index in [0.29, 0.717) is 29.6 Å². The largest absolute Gasteiger partial charge is 0.493 e. The van der Waals surface area contributed by atoms with Crippen molar-refractivity contribution in [2.75, 3.05) is 27.3 Å². The first-order chi connectivity index (χ1) is 9.76. The third-order valence-electron chi connectivity index (χ3n) is 3.59. The van der Waals surface area contributed by atoms with Gasteiger partial charge in [0.05, 0.1) is 19.8 Å². The molecule has 0 bridgehead atoms. The first-order valence-electron chi connectivity index (χ1n) is 6.99. The van der Waals surface area contributed by atoms with Gasteiger partial charge in [-0.2, -0.15) is 0 Å².